The molecule has 1 aromatic rings. The van der Waals surface area contributed by atoms with Crippen molar-refractivity contribution in [2.24, 2.45) is 0 Å². The fourth-order valence-corrected chi connectivity index (χ4v) is 3.57. The van der Waals surface area contributed by atoms with Crippen LogP contribution in [0.1, 0.15) is 18.9 Å². The van der Waals surface area contributed by atoms with E-state index >= 15 is 0 Å². The molecule has 0 bridgehead atoms. The molecule has 0 aliphatic carbocycles. The molecule has 0 unspecified atom stereocenters. The molecule has 1 heterocycles. The van der Waals surface area contributed by atoms with E-state index in [4.69, 9.17) is 4.74 Å². The van der Waals surface area contributed by atoms with Crippen molar-refractivity contribution < 1.29 is 13.2 Å². The van der Waals surface area contributed by atoms with Crippen LogP contribution in [0, 0.1) is 0 Å². The van der Waals surface area contributed by atoms with Gasteiger partial charge in [0.15, 0.2) is 0 Å². The number of sulfonamides is 1. The zero-order chi connectivity index (χ0) is 13.0. The highest BCUT2D eigenvalue weighted by Crippen LogP contribution is 2.15. The van der Waals surface area contributed by atoms with Crippen LogP contribution in [-0.4, -0.2) is 38.2 Å². The third-order valence-corrected chi connectivity index (χ3v) is 5.08. The van der Waals surface area contributed by atoms with Crippen LogP contribution in [-0.2, 0) is 16.4 Å². The topological polar surface area (TPSA) is 46.6 Å². The number of hydrogen-bond acceptors (Lipinski definition) is 3. The van der Waals surface area contributed by atoms with Gasteiger partial charge in [-0.15, -0.1) is 0 Å². The molecule has 1 fully saturated rings. The van der Waals surface area contributed by atoms with Crippen molar-refractivity contribution in [2.75, 3.05) is 25.4 Å². The summed E-state index contributed by atoms with van der Waals surface area (Å²) < 4.78 is 30.3. The molecule has 4 nitrogen and oxygen atoms in total. The molecule has 1 aliphatic heterocycles. The number of benzene rings is 1. The van der Waals surface area contributed by atoms with Crippen molar-refractivity contribution in [1.29, 1.82) is 0 Å². The third kappa shape index (κ3) is 3.23. The summed E-state index contributed by atoms with van der Waals surface area (Å²) in [7, 11) is -3.00. The van der Waals surface area contributed by atoms with Crippen LogP contribution in [0.4, 0.5) is 0 Å². The van der Waals surface area contributed by atoms with E-state index in [1.165, 1.54) is 9.87 Å². The van der Waals surface area contributed by atoms with Crippen LogP contribution >= 0.6 is 0 Å². The van der Waals surface area contributed by atoms with Gasteiger partial charge in [-0.05, 0) is 30.5 Å². The second kappa shape index (κ2) is 5.71. The highest BCUT2D eigenvalue weighted by atomic mass is 32.2. The average molecular weight is 269 g/mol. The lowest BCUT2D eigenvalue weighted by Crippen LogP contribution is -2.30. The zero-order valence-electron chi connectivity index (χ0n) is 10.6. The number of rotatable bonds is 5. The second-order valence-corrected chi connectivity index (χ2v) is 6.51. The van der Waals surface area contributed by atoms with Gasteiger partial charge in [-0.25, -0.2) is 8.42 Å². The molecule has 0 N–H and O–H groups in total. The lowest BCUT2D eigenvalue weighted by Gasteiger charge is -2.14. The number of aryl methyl sites for hydroxylation is 1. The summed E-state index contributed by atoms with van der Waals surface area (Å²) >= 11 is 0. The van der Waals surface area contributed by atoms with Crippen LogP contribution in [0.15, 0.2) is 24.3 Å². The fraction of sp³-hybridized carbons (Fsp3) is 0.538. The smallest absolute Gasteiger partial charge is 0.214 e. The maximum Gasteiger partial charge on any atom is 0.214 e. The molecule has 0 aromatic heterocycles. The van der Waals surface area contributed by atoms with Gasteiger partial charge in [0.25, 0.3) is 0 Å². The zero-order valence-corrected chi connectivity index (χ0v) is 11.4. The van der Waals surface area contributed by atoms with E-state index in [9.17, 15) is 8.42 Å². The first-order chi connectivity index (χ1) is 8.62. The molecule has 0 atom stereocenters. The van der Waals surface area contributed by atoms with E-state index < -0.39 is 10.0 Å². The first kappa shape index (κ1) is 13.4. The van der Waals surface area contributed by atoms with Gasteiger partial charge >= 0.3 is 0 Å². The van der Waals surface area contributed by atoms with E-state index in [0.29, 0.717) is 19.7 Å². The SMILES string of the molecule is CCc1cccc(OCCN2CCCS2(=O)=O)c1. The van der Waals surface area contributed by atoms with E-state index in [-0.39, 0.29) is 5.75 Å². The molecule has 18 heavy (non-hydrogen) atoms. The maximum absolute atomic E-state index is 11.6. The van der Waals surface area contributed by atoms with Gasteiger partial charge in [-0.1, -0.05) is 19.1 Å². The Balaban J connectivity index is 1.85. The lowest BCUT2D eigenvalue weighted by molar-refractivity contribution is 0.279. The maximum atomic E-state index is 11.6. The summed E-state index contributed by atoms with van der Waals surface area (Å²) in [6.07, 6.45) is 1.70. The Kier molecular flexibility index (Phi) is 4.24. The standard InChI is InChI=1S/C13H19NO3S/c1-2-12-5-3-6-13(11-12)17-9-8-14-7-4-10-18(14,15)16/h3,5-6,11H,2,4,7-10H2,1H3. The predicted octanol–water partition coefficient (Wildman–Crippen LogP) is 1.66. The molecule has 0 saturated carbocycles. The molecule has 0 radical (unpaired) electrons. The second-order valence-electron chi connectivity index (χ2n) is 4.42. The Hall–Kier alpha value is -1.07. The molecule has 5 heteroatoms. The fourth-order valence-electron chi connectivity index (χ4n) is 2.06. The summed E-state index contributed by atoms with van der Waals surface area (Å²) in [5, 5.41) is 0. The predicted molar refractivity (Wildman–Crippen MR) is 71.3 cm³/mol. The van der Waals surface area contributed by atoms with Gasteiger partial charge in [0.2, 0.25) is 10.0 Å². The van der Waals surface area contributed by atoms with Crippen LogP contribution in [0.5, 0.6) is 5.75 Å². The minimum Gasteiger partial charge on any atom is -0.492 e. The molecule has 1 aliphatic rings. The first-order valence-electron chi connectivity index (χ1n) is 6.31. The summed E-state index contributed by atoms with van der Waals surface area (Å²) in [6.45, 7) is 3.57. The summed E-state index contributed by atoms with van der Waals surface area (Å²) in [5.41, 5.74) is 1.22. The quantitative estimate of drug-likeness (QED) is 0.817. The average Bonchev–Trinajstić information content (AvgIpc) is 2.69. The van der Waals surface area contributed by atoms with Crippen molar-refractivity contribution >= 4 is 10.0 Å². The highest BCUT2D eigenvalue weighted by Gasteiger charge is 2.27. The van der Waals surface area contributed by atoms with Gasteiger partial charge in [0, 0.05) is 13.1 Å². The molecule has 0 amide bonds. The van der Waals surface area contributed by atoms with Gasteiger partial charge < -0.3 is 4.74 Å². The molecular weight excluding hydrogens is 250 g/mol. The largest absolute Gasteiger partial charge is 0.492 e. The monoisotopic (exact) mass is 269 g/mol. The molecular formula is C13H19NO3S. The minimum absolute atomic E-state index is 0.276. The van der Waals surface area contributed by atoms with Crippen LogP contribution < -0.4 is 4.74 Å². The van der Waals surface area contributed by atoms with E-state index in [1.807, 2.05) is 18.2 Å². The Labute approximate surface area is 109 Å². The van der Waals surface area contributed by atoms with Gasteiger partial charge in [-0.2, -0.15) is 4.31 Å². The normalized spacial score (nSPS) is 18.9. The van der Waals surface area contributed by atoms with Crippen molar-refractivity contribution in [3.8, 4) is 5.75 Å². The van der Waals surface area contributed by atoms with Gasteiger partial charge in [0.05, 0.1) is 5.75 Å². The number of hydrogen-bond donors (Lipinski definition) is 0. The Morgan fingerprint density at radius 1 is 1.39 bits per heavy atom. The third-order valence-electron chi connectivity index (χ3n) is 3.12. The Morgan fingerprint density at radius 3 is 2.89 bits per heavy atom. The van der Waals surface area contributed by atoms with E-state index in [2.05, 4.69) is 13.0 Å². The van der Waals surface area contributed by atoms with Gasteiger partial charge in [0.1, 0.15) is 12.4 Å². The number of nitrogens with zero attached hydrogens (tertiary/aromatic N) is 1. The Morgan fingerprint density at radius 2 is 2.22 bits per heavy atom. The minimum atomic E-state index is -3.00. The van der Waals surface area contributed by atoms with Crippen LogP contribution in [0.25, 0.3) is 0 Å². The Bertz CT molecular complexity index is 499. The first-order valence-corrected chi connectivity index (χ1v) is 7.92. The van der Waals surface area contributed by atoms with Crippen LogP contribution in [0.3, 0.4) is 0 Å². The van der Waals surface area contributed by atoms with Crippen molar-refractivity contribution in [3.05, 3.63) is 29.8 Å². The summed E-state index contributed by atoms with van der Waals surface area (Å²) in [6, 6.07) is 7.91. The van der Waals surface area contributed by atoms with Crippen molar-refractivity contribution in [3.63, 3.8) is 0 Å². The van der Waals surface area contributed by atoms with E-state index in [1.54, 1.807) is 0 Å². The molecule has 1 aromatic carbocycles. The van der Waals surface area contributed by atoms with Crippen molar-refractivity contribution in [1.82, 2.24) is 4.31 Å². The van der Waals surface area contributed by atoms with Gasteiger partial charge in [-0.3, -0.25) is 0 Å². The van der Waals surface area contributed by atoms with Crippen molar-refractivity contribution in [2.45, 2.75) is 19.8 Å². The highest BCUT2D eigenvalue weighted by molar-refractivity contribution is 7.89. The summed E-state index contributed by atoms with van der Waals surface area (Å²) in [5.74, 6) is 1.09. The summed E-state index contributed by atoms with van der Waals surface area (Å²) in [4.78, 5) is 0. The molecule has 2 rings (SSSR count). The number of ether oxygens (including phenoxy) is 1. The molecule has 0 spiro atoms. The molecule has 1 saturated heterocycles. The van der Waals surface area contributed by atoms with E-state index in [0.717, 1.165) is 18.6 Å². The molecule has 100 valence electrons. The lowest BCUT2D eigenvalue weighted by atomic mass is 10.2. The van der Waals surface area contributed by atoms with Crippen LogP contribution in [0.2, 0.25) is 0 Å².